The summed E-state index contributed by atoms with van der Waals surface area (Å²) in [7, 11) is 0. The predicted molar refractivity (Wildman–Crippen MR) is 82.2 cm³/mol. The highest BCUT2D eigenvalue weighted by molar-refractivity contribution is 5.97. The van der Waals surface area contributed by atoms with Gasteiger partial charge in [0.25, 0.3) is 11.8 Å². The summed E-state index contributed by atoms with van der Waals surface area (Å²) in [4.78, 5) is 23.0. The maximum absolute atomic E-state index is 13.7. The number of hydrogen-bond acceptors (Lipinski definition) is 4. The molecule has 0 aliphatic rings. The lowest BCUT2D eigenvalue weighted by molar-refractivity contribution is -0.137. The van der Waals surface area contributed by atoms with Crippen molar-refractivity contribution in [2.45, 2.75) is 6.18 Å². The Balaban J connectivity index is 2.13. The van der Waals surface area contributed by atoms with Crippen LogP contribution in [0.2, 0.25) is 0 Å². The lowest BCUT2D eigenvalue weighted by atomic mass is 10.1. The van der Waals surface area contributed by atoms with Gasteiger partial charge in [-0.25, -0.2) is 15.3 Å². The van der Waals surface area contributed by atoms with Crippen molar-refractivity contribution < 1.29 is 32.4 Å². The predicted octanol–water partition coefficient (Wildman–Crippen LogP) is 2.73. The Morgan fingerprint density at radius 2 is 1.73 bits per heavy atom. The molecular weight excluding hydrogens is 358 g/mol. The summed E-state index contributed by atoms with van der Waals surface area (Å²) in [5.41, 5.74) is 1.17. The van der Waals surface area contributed by atoms with Crippen molar-refractivity contribution in [3.63, 3.8) is 0 Å². The maximum Gasteiger partial charge on any atom is 0.417 e. The average molecular weight is 369 g/mol. The molecule has 6 nitrogen and oxygen atoms in total. The van der Waals surface area contributed by atoms with Crippen molar-refractivity contribution in [1.29, 1.82) is 0 Å². The standard InChI is InChI=1S/C16H11F4N3O3/c17-13-7-9(5-6-11(13)15(25)23-26)8-21-22-14(24)10-3-1-2-4-12(10)16(18,19)20/h1-8,26H,(H,22,24)(H,23,25)/b21-8+. The fourth-order valence-electron chi connectivity index (χ4n) is 2.01. The molecule has 0 radical (unpaired) electrons. The van der Waals surface area contributed by atoms with Crippen LogP contribution in [0.5, 0.6) is 0 Å². The van der Waals surface area contributed by atoms with Crippen LogP contribution in [0.1, 0.15) is 31.8 Å². The number of carbonyl (C=O) groups excluding carboxylic acids is 2. The molecule has 136 valence electrons. The van der Waals surface area contributed by atoms with Crippen LogP contribution in [0.4, 0.5) is 17.6 Å². The molecule has 10 heteroatoms. The second kappa shape index (κ2) is 7.74. The number of alkyl halides is 3. The van der Waals surface area contributed by atoms with Gasteiger partial charge in [-0.2, -0.15) is 18.3 Å². The molecule has 2 amide bonds. The highest BCUT2D eigenvalue weighted by Gasteiger charge is 2.34. The minimum atomic E-state index is -4.70. The molecule has 2 aromatic carbocycles. The van der Waals surface area contributed by atoms with E-state index in [4.69, 9.17) is 5.21 Å². The first-order chi connectivity index (χ1) is 12.2. The van der Waals surface area contributed by atoms with E-state index in [0.717, 1.165) is 36.5 Å². The van der Waals surface area contributed by atoms with Gasteiger partial charge in [0.15, 0.2) is 0 Å². The van der Waals surface area contributed by atoms with Gasteiger partial charge in [-0.3, -0.25) is 14.8 Å². The zero-order valence-corrected chi connectivity index (χ0v) is 12.8. The molecule has 0 spiro atoms. The number of benzene rings is 2. The average Bonchev–Trinajstić information content (AvgIpc) is 2.60. The Bertz CT molecular complexity index is 866. The molecule has 0 aliphatic carbocycles. The Morgan fingerprint density at radius 1 is 1.04 bits per heavy atom. The van der Waals surface area contributed by atoms with Gasteiger partial charge in [-0.1, -0.05) is 18.2 Å². The van der Waals surface area contributed by atoms with Gasteiger partial charge >= 0.3 is 6.18 Å². The summed E-state index contributed by atoms with van der Waals surface area (Å²) in [6, 6.07) is 7.39. The number of nitrogens with zero attached hydrogens (tertiary/aromatic N) is 1. The largest absolute Gasteiger partial charge is 0.417 e. The van der Waals surface area contributed by atoms with Crippen molar-refractivity contribution in [3.05, 3.63) is 70.5 Å². The number of halogens is 4. The summed E-state index contributed by atoms with van der Waals surface area (Å²) in [5.74, 6) is -3.11. The summed E-state index contributed by atoms with van der Waals surface area (Å²) < 4.78 is 52.3. The molecule has 0 atom stereocenters. The van der Waals surface area contributed by atoms with E-state index in [1.54, 1.807) is 0 Å². The van der Waals surface area contributed by atoms with Crippen LogP contribution in [-0.4, -0.2) is 23.2 Å². The number of rotatable bonds is 4. The normalized spacial score (nSPS) is 11.4. The number of nitrogens with one attached hydrogen (secondary N) is 2. The third-order valence-corrected chi connectivity index (χ3v) is 3.20. The van der Waals surface area contributed by atoms with Gasteiger partial charge in [0, 0.05) is 0 Å². The molecule has 0 unspecified atom stereocenters. The van der Waals surface area contributed by atoms with Crippen molar-refractivity contribution in [3.8, 4) is 0 Å². The van der Waals surface area contributed by atoms with Crippen molar-refractivity contribution in [1.82, 2.24) is 10.9 Å². The molecule has 0 aromatic heterocycles. The number of hydrazone groups is 1. The first kappa shape index (κ1) is 19.1. The monoisotopic (exact) mass is 369 g/mol. The Kier molecular flexibility index (Phi) is 5.68. The van der Waals surface area contributed by atoms with Crippen molar-refractivity contribution in [2.24, 2.45) is 5.10 Å². The van der Waals surface area contributed by atoms with Crippen LogP contribution in [0.15, 0.2) is 47.6 Å². The molecule has 3 N–H and O–H groups in total. The SMILES string of the molecule is O=C(NO)c1ccc(/C=N/NC(=O)c2ccccc2C(F)(F)F)cc1F. The molecule has 0 saturated heterocycles. The molecule has 0 aliphatic heterocycles. The van der Waals surface area contributed by atoms with E-state index in [0.29, 0.717) is 0 Å². The first-order valence-corrected chi connectivity index (χ1v) is 6.97. The van der Waals surface area contributed by atoms with Crippen LogP contribution >= 0.6 is 0 Å². The zero-order chi connectivity index (χ0) is 19.3. The number of hydrogen-bond donors (Lipinski definition) is 3. The summed E-state index contributed by atoms with van der Waals surface area (Å²) >= 11 is 0. The van der Waals surface area contributed by atoms with Crippen molar-refractivity contribution in [2.75, 3.05) is 0 Å². The molecular formula is C16H11F4N3O3. The van der Waals surface area contributed by atoms with E-state index in [1.807, 2.05) is 5.43 Å². The van der Waals surface area contributed by atoms with Crippen LogP contribution in [-0.2, 0) is 6.18 Å². The second-order valence-electron chi connectivity index (χ2n) is 4.92. The van der Waals surface area contributed by atoms with E-state index in [9.17, 15) is 27.2 Å². The minimum Gasteiger partial charge on any atom is -0.288 e. The topological polar surface area (TPSA) is 90.8 Å². The summed E-state index contributed by atoms with van der Waals surface area (Å²) in [6.45, 7) is 0. The third-order valence-electron chi connectivity index (χ3n) is 3.20. The van der Waals surface area contributed by atoms with Gasteiger partial charge in [0.05, 0.1) is 22.9 Å². The second-order valence-corrected chi connectivity index (χ2v) is 4.92. The maximum atomic E-state index is 13.7. The molecule has 0 heterocycles. The molecule has 0 saturated carbocycles. The zero-order valence-electron chi connectivity index (χ0n) is 12.8. The molecule has 0 fully saturated rings. The lowest BCUT2D eigenvalue weighted by Crippen LogP contribution is -2.22. The fraction of sp³-hybridized carbons (Fsp3) is 0.0625. The quantitative estimate of drug-likeness (QED) is 0.335. The molecule has 2 rings (SSSR count). The number of amides is 2. The Labute approximate surface area is 144 Å². The molecule has 0 bridgehead atoms. The van der Waals surface area contributed by atoms with E-state index in [1.165, 1.54) is 17.6 Å². The number of hydroxylamine groups is 1. The highest BCUT2D eigenvalue weighted by atomic mass is 19.4. The smallest absolute Gasteiger partial charge is 0.288 e. The van der Waals surface area contributed by atoms with Crippen LogP contribution < -0.4 is 10.9 Å². The van der Waals surface area contributed by atoms with Crippen LogP contribution in [0, 0.1) is 5.82 Å². The Hall–Kier alpha value is -3.27. The van der Waals surface area contributed by atoms with E-state index < -0.39 is 40.5 Å². The lowest BCUT2D eigenvalue weighted by Gasteiger charge is -2.10. The van der Waals surface area contributed by atoms with E-state index >= 15 is 0 Å². The minimum absolute atomic E-state index is 0.126. The highest BCUT2D eigenvalue weighted by Crippen LogP contribution is 2.31. The summed E-state index contributed by atoms with van der Waals surface area (Å²) in [6.07, 6.45) is -3.72. The van der Waals surface area contributed by atoms with Gasteiger partial charge in [0.2, 0.25) is 0 Å². The first-order valence-electron chi connectivity index (χ1n) is 6.97. The third kappa shape index (κ3) is 4.42. The van der Waals surface area contributed by atoms with Gasteiger partial charge in [0.1, 0.15) is 5.82 Å². The van der Waals surface area contributed by atoms with Gasteiger partial charge in [-0.15, -0.1) is 0 Å². The van der Waals surface area contributed by atoms with E-state index in [-0.39, 0.29) is 5.56 Å². The van der Waals surface area contributed by atoms with Crippen molar-refractivity contribution >= 4 is 18.0 Å². The Morgan fingerprint density at radius 3 is 2.35 bits per heavy atom. The molecule has 26 heavy (non-hydrogen) atoms. The van der Waals surface area contributed by atoms with Gasteiger partial charge < -0.3 is 0 Å². The van der Waals surface area contributed by atoms with Crippen LogP contribution in [0.25, 0.3) is 0 Å². The van der Waals surface area contributed by atoms with Crippen LogP contribution in [0.3, 0.4) is 0 Å². The summed E-state index contributed by atoms with van der Waals surface area (Å²) in [5, 5.41) is 11.9. The van der Waals surface area contributed by atoms with Gasteiger partial charge in [-0.05, 0) is 29.8 Å². The number of carbonyl (C=O) groups is 2. The fourth-order valence-corrected chi connectivity index (χ4v) is 2.01. The molecule has 2 aromatic rings. The van der Waals surface area contributed by atoms with E-state index in [2.05, 4.69) is 5.10 Å².